The zero-order valence-corrected chi connectivity index (χ0v) is 17.5. The van der Waals surface area contributed by atoms with Crippen molar-refractivity contribution in [3.05, 3.63) is 0 Å². The van der Waals surface area contributed by atoms with Crippen molar-refractivity contribution in [3.8, 4) is 0 Å². The fourth-order valence-corrected chi connectivity index (χ4v) is 4.61. The molecule has 2 rings (SSSR count). The van der Waals surface area contributed by atoms with Gasteiger partial charge < -0.3 is 20.3 Å². The van der Waals surface area contributed by atoms with E-state index in [1.54, 1.807) is 7.11 Å². The summed E-state index contributed by atoms with van der Waals surface area (Å²) < 4.78 is 5.33. The highest BCUT2D eigenvalue weighted by Crippen LogP contribution is 2.40. The Balaban J connectivity index is 1.60. The predicted molar refractivity (Wildman–Crippen MR) is 111 cm³/mol. The second kappa shape index (κ2) is 11.8. The summed E-state index contributed by atoms with van der Waals surface area (Å²) in [6, 6.07) is 0. The molecule has 0 aromatic carbocycles. The Labute approximate surface area is 161 Å². The smallest absolute Gasteiger partial charge is 0.190 e. The molecule has 1 unspecified atom stereocenters. The van der Waals surface area contributed by atoms with Crippen molar-refractivity contribution in [1.82, 2.24) is 15.5 Å². The molecule has 152 valence electrons. The van der Waals surface area contributed by atoms with Gasteiger partial charge in [0.1, 0.15) is 0 Å². The Bertz CT molecular complexity index is 407. The number of nitrogens with zero attached hydrogens (tertiary/aromatic N) is 2. The molecule has 2 aliphatic rings. The van der Waals surface area contributed by atoms with Crippen LogP contribution in [0.25, 0.3) is 0 Å². The molecule has 5 heteroatoms. The van der Waals surface area contributed by atoms with Gasteiger partial charge in [0.05, 0.1) is 0 Å². The average Bonchev–Trinajstić information content (AvgIpc) is 3.11. The van der Waals surface area contributed by atoms with Crippen molar-refractivity contribution in [2.75, 3.05) is 53.5 Å². The van der Waals surface area contributed by atoms with E-state index in [9.17, 15) is 0 Å². The average molecular weight is 367 g/mol. The first-order valence-electron chi connectivity index (χ1n) is 10.8. The van der Waals surface area contributed by atoms with Gasteiger partial charge in [-0.15, -0.1) is 0 Å². The molecule has 1 aliphatic carbocycles. The predicted octanol–water partition coefficient (Wildman–Crippen LogP) is 3.26. The fourth-order valence-electron chi connectivity index (χ4n) is 4.61. The van der Waals surface area contributed by atoms with Crippen LogP contribution in [0.1, 0.15) is 64.7 Å². The highest BCUT2D eigenvalue weighted by atomic mass is 16.5. The quantitative estimate of drug-likeness (QED) is 0.354. The molecule has 1 aliphatic heterocycles. The SMILES string of the molecule is CN=C(NCCCCN1CCCC(C)C1)NCC1(CCOC)CCCC1. The second-order valence-electron chi connectivity index (χ2n) is 8.56. The maximum absolute atomic E-state index is 5.33. The number of likely N-dealkylation sites (tertiary alicyclic amines) is 1. The van der Waals surface area contributed by atoms with Crippen LogP contribution in [0.4, 0.5) is 0 Å². The molecule has 5 nitrogen and oxygen atoms in total. The molecular formula is C21H42N4O. The number of piperidine rings is 1. The lowest BCUT2D eigenvalue weighted by Crippen LogP contribution is -2.43. The molecule has 0 aromatic rings. The van der Waals surface area contributed by atoms with E-state index < -0.39 is 0 Å². The summed E-state index contributed by atoms with van der Waals surface area (Å²) in [5.41, 5.74) is 0.401. The van der Waals surface area contributed by atoms with Crippen LogP contribution in [0, 0.1) is 11.3 Å². The Hall–Kier alpha value is -0.810. The van der Waals surface area contributed by atoms with E-state index >= 15 is 0 Å². The normalized spacial score (nSPS) is 24.0. The molecule has 1 atom stereocenters. The van der Waals surface area contributed by atoms with Gasteiger partial charge in [-0.1, -0.05) is 19.8 Å². The molecule has 26 heavy (non-hydrogen) atoms. The summed E-state index contributed by atoms with van der Waals surface area (Å²) in [6.45, 7) is 9.11. The number of hydrogen-bond acceptors (Lipinski definition) is 3. The van der Waals surface area contributed by atoms with E-state index in [0.29, 0.717) is 5.41 Å². The summed E-state index contributed by atoms with van der Waals surface area (Å²) in [5, 5.41) is 7.08. The summed E-state index contributed by atoms with van der Waals surface area (Å²) in [6.07, 6.45) is 11.8. The van der Waals surface area contributed by atoms with Gasteiger partial charge in [0.15, 0.2) is 5.96 Å². The summed E-state index contributed by atoms with van der Waals surface area (Å²) >= 11 is 0. The molecular weight excluding hydrogens is 324 g/mol. The molecule has 0 spiro atoms. The van der Waals surface area contributed by atoms with Gasteiger partial charge >= 0.3 is 0 Å². The number of rotatable bonds is 10. The molecule has 2 fully saturated rings. The van der Waals surface area contributed by atoms with Crippen molar-refractivity contribution in [2.45, 2.75) is 64.7 Å². The van der Waals surface area contributed by atoms with E-state index in [-0.39, 0.29) is 0 Å². The Morgan fingerprint density at radius 3 is 2.69 bits per heavy atom. The van der Waals surface area contributed by atoms with Crippen molar-refractivity contribution in [1.29, 1.82) is 0 Å². The lowest BCUT2D eigenvalue weighted by Gasteiger charge is -2.31. The van der Waals surface area contributed by atoms with E-state index in [1.165, 1.54) is 71.0 Å². The van der Waals surface area contributed by atoms with Gasteiger partial charge in [0.25, 0.3) is 0 Å². The molecule has 0 radical (unpaired) electrons. The monoisotopic (exact) mass is 366 g/mol. The summed E-state index contributed by atoms with van der Waals surface area (Å²) in [4.78, 5) is 7.05. The third kappa shape index (κ3) is 7.43. The molecule has 0 aromatic heterocycles. The highest BCUT2D eigenvalue weighted by molar-refractivity contribution is 5.79. The fraction of sp³-hybridized carbons (Fsp3) is 0.952. The number of guanidine groups is 1. The van der Waals surface area contributed by atoms with Crippen LogP contribution >= 0.6 is 0 Å². The van der Waals surface area contributed by atoms with Gasteiger partial charge in [0, 0.05) is 40.4 Å². The van der Waals surface area contributed by atoms with Gasteiger partial charge in [-0.3, -0.25) is 4.99 Å². The number of aliphatic imine (C=N–C) groups is 1. The van der Waals surface area contributed by atoms with Gasteiger partial charge in [-0.2, -0.15) is 0 Å². The Morgan fingerprint density at radius 1 is 1.19 bits per heavy atom. The Kier molecular flexibility index (Phi) is 9.76. The van der Waals surface area contributed by atoms with E-state index in [0.717, 1.165) is 38.0 Å². The number of methoxy groups -OCH3 is 1. The van der Waals surface area contributed by atoms with Crippen LogP contribution in [-0.2, 0) is 4.74 Å². The number of nitrogens with one attached hydrogen (secondary N) is 2. The lowest BCUT2D eigenvalue weighted by molar-refractivity contribution is 0.138. The van der Waals surface area contributed by atoms with Crippen LogP contribution in [0.15, 0.2) is 4.99 Å². The zero-order valence-electron chi connectivity index (χ0n) is 17.5. The Morgan fingerprint density at radius 2 is 2.00 bits per heavy atom. The van der Waals surface area contributed by atoms with Crippen LogP contribution in [0.3, 0.4) is 0 Å². The van der Waals surface area contributed by atoms with Crippen molar-refractivity contribution in [3.63, 3.8) is 0 Å². The van der Waals surface area contributed by atoms with Crippen molar-refractivity contribution >= 4 is 5.96 Å². The zero-order chi connectivity index (χ0) is 18.7. The summed E-state index contributed by atoms with van der Waals surface area (Å²) in [7, 11) is 3.68. The van der Waals surface area contributed by atoms with Gasteiger partial charge in [-0.05, 0) is 69.4 Å². The first-order chi connectivity index (χ1) is 12.7. The largest absolute Gasteiger partial charge is 0.385 e. The van der Waals surface area contributed by atoms with Crippen molar-refractivity contribution in [2.24, 2.45) is 16.3 Å². The molecule has 1 saturated heterocycles. The van der Waals surface area contributed by atoms with E-state index in [1.807, 2.05) is 7.05 Å². The van der Waals surface area contributed by atoms with Crippen molar-refractivity contribution < 1.29 is 4.74 Å². The molecule has 0 bridgehead atoms. The first kappa shape index (κ1) is 21.5. The minimum Gasteiger partial charge on any atom is -0.385 e. The van der Waals surface area contributed by atoms with Crippen LogP contribution in [-0.4, -0.2) is 64.3 Å². The minimum atomic E-state index is 0.401. The second-order valence-corrected chi connectivity index (χ2v) is 8.56. The maximum atomic E-state index is 5.33. The molecule has 0 amide bonds. The standard InChI is InChI=1S/C21H42N4O/c1-19-9-8-15-25(17-19)14-7-6-13-23-20(22-2)24-18-21(12-16-26-3)10-4-5-11-21/h19H,4-18H2,1-3H3,(H2,22,23,24). The van der Waals surface area contributed by atoms with Crippen LogP contribution in [0.2, 0.25) is 0 Å². The highest BCUT2D eigenvalue weighted by Gasteiger charge is 2.33. The summed E-state index contributed by atoms with van der Waals surface area (Å²) in [5.74, 6) is 1.84. The third-order valence-electron chi connectivity index (χ3n) is 6.29. The molecule has 1 heterocycles. The van der Waals surface area contributed by atoms with Crippen LogP contribution < -0.4 is 10.6 Å². The molecule has 2 N–H and O–H groups in total. The van der Waals surface area contributed by atoms with Gasteiger partial charge in [-0.25, -0.2) is 0 Å². The topological polar surface area (TPSA) is 48.9 Å². The third-order valence-corrected chi connectivity index (χ3v) is 6.29. The lowest BCUT2D eigenvalue weighted by atomic mass is 9.83. The van der Waals surface area contributed by atoms with E-state index in [2.05, 4.69) is 27.4 Å². The maximum Gasteiger partial charge on any atom is 0.190 e. The minimum absolute atomic E-state index is 0.401. The van der Waals surface area contributed by atoms with Gasteiger partial charge in [0.2, 0.25) is 0 Å². The molecule has 1 saturated carbocycles. The number of hydrogen-bond donors (Lipinski definition) is 2. The van der Waals surface area contributed by atoms with Crippen LogP contribution in [0.5, 0.6) is 0 Å². The number of ether oxygens (including phenoxy) is 1. The first-order valence-corrected chi connectivity index (χ1v) is 10.8. The number of unbranched alkanes of at least 4 members (excludes halogenated alkanes) is 1. The van der Waals surface area contributed by atoms with E-state index in [4.69, 9.17) is 4.74 Å².